The summed E-state index contributed by atoms with van der Waals surface area (Å²) in [7, 11) is 0. The molecule has 1 aromatic carbocycles. The summed E-state index contributed by atoms with van der Waals surface area (Å²) in [5.74, 6) is -0.272. The highest BCUT2D eigenvalue weighted by Gasteiger charge is 2.49. The number of fused-ring (bicyclic) bond motifs is 4. The summed E-state index contributed by atoms with van der Waals surface area (Å²) in [6.07, 6.45) is 9.53. The van der Waals surface area contributed by atoms with Crippen molar-refractivity contribution in [2.75, 3.05) is 0 Å². The molecule has 3 aliphatic rings. The third kappa shape index (κ3) is 1.48. The Kier molecular flexibility index (Phi) is 2.43. The molecule has 0 radical (unpaired) electrons. The van der Waals surface area contributed by atoms with Crippen LogP contribution < -0.4 is 15.8 Å². The molecule has 1 heterocycles. The number of hydrogen-bond donors (Lipinski definition) is 3. The highest BCUT2D eigenvalue weighted by Crippen LogP contribution is 2.42. The van der Waals surface area contributed by atoms with Gasteiger partial charge in [-0.15, -0.1) is 0 Å². The van der Waals surface area contributed by atoms with Crippen LogP contribution in [0, 0.1) is 5.92 Å². The molecular weight excluding hydrogens is 250 g/mol. The zero-order valence-electron chi connectivity index (χ0n) is 11.0. The second-order valence-corrected chi connectivity index (χ2v) is 5.76. The van der Waals surface area contributed by atoms with Crippen LogP contribution in [0.2, 0.25) is 0 Å². The van der Waals surface area contributed by atoms with Crippen LogP contribution >= 0.6 is 0 Å². The van der Waals surface area contributed by atoms with Gasteiger partial charge in [-0.25, -0.2) is 0 Å². The summed E-state index contributed by atoms with van der Waals surface area (Å²) in [6.45, 7) is 0. The number of rotatable bonds is 0. The molecule has 0 spiro atoms. The van der Waals surface area contributed by atoms with Crippen LogP contribution in [0.1, 0.15) is 6.42 Å². The number of aliphatic hydroxyl groups is 2. The van der Waals surface area contributed by atoms with Crippen molar-refractivity contribution >= 4 is 11.8 Å². The van der Waals surface area contributed by atoms with Crippen molar-refractivity contribution < 1.29 is 10.2 Å². The summed E-state index contributed by atoms with van der Waals surface area (Å²) < 4.78 is 0. The summed E-state index contributed by atoms with van der Waals surface area (Å²) in [4.78, 5) is 0. The maximum Gasteiger partial charge on any atom is 0.116 e. The van der Waals surface area contributed by atoms with Gasteiger partial charge < -0.3 is 15.5 Å². The minimum Gasteiger partial charge on any atom is -0.392 e. The Bertz CT molecular complexity index is 734. The summed E-state index contributed by atoms with van der Waals surface area (Å²) in [5, 5.41) is 27.1. The molecule has 0 amide bonds. The molecule has 2 unspecified atom stereocenters. The molecule has 1 saturated carbocycles. The highest BCUT2D eigenvalue weighted by atomic mass is 16.3. The zero-order chi connectivity index (χ0) is 13.7. The molecule has 3 N–H and O–H groups in total. The number of nitrogens with one attached hydrogen (secondary N) is 1. The lowest BCUT2D eigenvalue weighted by atomic mass is 9.65. The first-order valence-corrected chi connectivity index (χ1v) is 7.02. The van der Waals surface area contributed by atoms with Crippen LogP contribution in [0.15, 0.2) is 48.6 Å². The van der Waals surface area contributed by atoms with Gasteiger partial charge in [0.05, 0.1) is 12.1 Å². The molecule has 20 heavy (non-hydrogen) atoms. The SMILES string of the molecule is OC1CC2NC=c3ccccc3=C2[C@@]2(O)C=CC=C[C@H]12. The van der Waals surface area contributed by atoms with Gasteiger partial charge in [0.2, 0.25) is 0 Å². The van der Waals surface area contributed by atoms with Crippen molar-refractivity contribution in [2.24, 2.45) is 5.92 Å². The fourth-order valence-corrected chi connectivity index (χ4v) is 3.73. The minimum atomic E-state index is -1.10. The molecule has 0 aromatic heterocycles. The van der Waals surface area contributed by atoms with Gasteiger partial charge in [-0.1, -0.05) is 42.5 Å². The summed E-state index contributed by atoms with van der Waals surface area (Å²) >= 11 is 0. The number of hydrogen-bond acceptors (Lipinski definition) is 3. The van der Waals surface area contributed by atoms with E-state index in [4.69, 9.17) is 0 Å². The van der Waals surface area contributed by atoms with E-state index in [2.05, 4.69) is 5.32 Å². The van der Waals surface area contributed by atoms with E-state index in [-0.39, 0.29) is 12.0 Å². The largest absolute Gasteiger partial charge is 0.392 e. The fourth-order valence-electron chi connectivity index (χ4n) is 3.73. The van der Waals surface area contributed by atoms with Gasteiger partial charge in [0.25, 0.3) is 0 Å². The van der Waals surface area contributed by atoms with Gasteiger partial charge in [-0.2, -0.15) is 0 Å². The van der Waals surface area contributed by atoms with Gasteiger partial charge >= 0.3 is 0 Å². The Balaban J connectivity index is 2.05. The molecule has 2 aliphatic carbocycles. The monoisotopic (exact) mass is 267 g/mol. The van der Waals surface area contributed by atoms with E-state index in [9.17, 15) is 10.2 Å². The van der Waals surface area contributed by atoms with Crippen molar-refractivity contribution in [1.29, 1.82) is 0 Å². The molecule has 0 bridgehead atoms. The number of benzene rings is 1. The molecule has 1 aliphatic heterocycles. The lowest BCUT2D eigenvalue weighted by Gasteiger charge is -2.47. The third-order valence-corrected chi connectivity index (χ3v) is 4.65. The normalized spacial score (nSPS) is 37.3. The Morgan fingerprint density at radius 2 is 2.05 bits per heavy atom. The van der Waals surface area contributed by atoms with Crippen molar-refractivity contribution in [2.45, 2.75) is 24.2 Å². The predicted octanol–water partition coefficient (Wildman–Crippen LogP) is -0.215. The van der Waals surface area contributed by atoms with Crippen molar-refractivity contribution in [3.63, 3.8) is 0 Å². The van der Waals surface area contributed by atoms with E-state index in [1.807, 2.05) is 54.8 Å². The standard InChI is InChI=1S/C17H17NO2/c19-15-9-14-16(17(20)8-4-3-7-13(15)17)12-6-2-1-5-11(12)10-18-14/h1-8,10,13-15,18-20H,9H2/t13-,14?,15?,17-/m1/s1. The third-order valence-electron chi connectivity index (χ3n) is 4.65. The highest BCUT2D eigenvalue weighted by molar-refractivity contribution is 5.69. The molecule has 3 nitrogen and oxygen atoms in total. The molecule has 1 fully saturated rings. The predicted molar refractivity (Wildman–Crippen MR) is 77.8 cm³/mol. The molecule has 0 saturated heterocycles. The van der Waals surface area contributed by atoms with Crippen LogP contribution in [0.5, 0.6) is 0 Å². The van der Waals surface area contributed by atoms with Crippen molar-refractivity contribution in [3.05, 3.63) is 59.0 Å². The number of aliphatic hydroxyl groups excluding tert-OH is 1. The Morgan fingerprint density at radius 1 is 1.20 bits per heavy atom. The Labute approximate surface area is 117 Å². The van der Waals surface area contributed by atoms with Gasteiger partial charge in [0, 0.05) is 12.1 Å². The van der Waals surface area contributed by atoms with Gasteiger partial charge in [-0.05, 0) is 28.5 Å². The average molecular weight is 267 g/mol. The summed E-state index contributed by atoms with van der Waals surface area (Å²) in [5.41, 5.74) is -0.124. The van der Waals surface area contributed by atoms with E-state index in [1.54, 1.807) is 0 Å². The molecule has 4 rings (SSSR count). The first-order chi connectivity index (χ1) is 9.70. The molecule has 102 valence electrons. The lowest BCUT2D eigenvalue weighted by molar-refractivity contribution is -0.00669. The Morgan fingerprint density at radius 3 is 2.95 bits per heavy atom. The van der Waals surface area contributed by atoms with E-state index in [0.717, 1.165) is 16.0 Å². The quantitative estimate of drug-likeness (QED) is 0.609. The molecular formula is C17H17NO2. The van der Waals surface area contributed by atoms with Crippen molar-refractivity contribution in [3.8, 4) is 0 Å². The van der Waals surface area contributed by atoms with Crippen LogP contribution in [0.4, 0.5) is 0 Å². The Hall–Kier alpha value is -1.84. The van der Waals surface area contributed by atoms with Gasteiger partial charge in [-0.3, -0.25) is 0 Å². The molecule has 1 aromatic rings. The smallest absolute Gasteiger partial charge is 0.116 e. The molecule has 4 atom stereocenters. The van der Waals surface area contributed by atoms with E-state index in [0.29, 0.717) is 6.42 Å². The first kappa shape index (κ1) is 11.9. The number of allylic oxidation sites excluding steroid dienone is 2. The van der Waals surface area contributed by atoms with Crippen LogP contribution in [0.25, 0.3) is 11.8 Å². The topological polar surface area (TPSA) is 52.5 Å². The first-order valence-electron chi connectivity index (χ1n) is 7.02. The van der Waals surface area contributed by atoms with Crippen LogP contribution in [0.3, 0.4) is 0 Å². The van der Waals surface area contributed by atoms with Crippen LogP contribution in [-0.4, -0.2) is 28.0 Å². The van der Waals surface area contributed by atoms with E-state index >= 15 is 0 Å². The minimum absolute atomic E-state index is 0.0164. The van der Waals surface area contributed by atoms with Gasteiger partial charge in [0.1, 0.15) is 5.60 Å². The second kappa shape index (κ2) is 4.08. The zero-order valence-corrected chi connectivity index (χ0v) is 11.0. The fraction of sp³-hybridized carbons (Fsp3) is 0.294. The average Bonchev–Trinajstić information content (AvgIpc) is 2.46. The lowest BCUT2D eigenvalue weighted by Crippen LogP contribution is -2.60. The van der Waals surface area contributed by atoms with E-state index in [1.165, 1.54) is 0 Å². The summed E-state index contributed by atoms with van der Waals surface area (Å²) in [6, 6.07) is 8.06. The second-order valence-electron chi connectivity index (χ2n) is 5.76. The van der Waals surface area contributed by atoms with Crippen LogP contribution in [-0.2, 0) is 0 Å². The van der Waals surface area contributed by atoms with Crippen molar-refractivity contribution in [1.82, 2.24) is 5.32 Å². The maximum atomic E-state index is 11.2. The maximum absolute atomic E-state index is 11.2. The van der Waals surface area contributed by atoms with Gasteiger partial charge in [0.15, 0.2) is 0 Å². The van der Waals surface area contributed by atoms with E-state index < -0.39 is 11.7 Å². The molecule has 3 heteroatoms.